The van der Waals surface area contributed by atoms with Crippen molar-refractivity contribution in [2.45, 2.75) is 6.92 Å². The summed E-state index contributed by atoms with van der Waals surface area (Å²) in [6, 6.07) is 3.50. The van der Waals surface area contributed by atoms with Crippen molar-refractivity contribution in [2.24, 2.45) is 0 Å². The lowest BCUT2D eigenvalue weighted by molar-refractivity contribution is 0.0692. The second-order valence-corrected chi connectivity index (χ2v) is 4.03. The van der Waals surface area contributed by atoms with Crippen molar-refractivity contribution in [1.82, 2.24) is 9.97 Å². The zero-order chi connectivity index (χ0) is 14.0. The van der Waals surface area contributed by atoms with Crippen LogP contribution in [-0.2, 0) is 0 Å². The van der Waals surface area contributed by atoms with Crippen LogP contribution in [0.4, 0.5) is 4.39 Å². The van der Waals surface area contributed by atoms with E-state index in [4.69, 9.17) is 21.4 Å². The van der Waals surface area contributed by atoms with E-state index < -0.39 is 11.8 Å². The number of ether oxygens (including phenoxy) is 1. The number of carbonyl (C=O) groups is 1. The summed E-state index contributed by atoms with van der Waals surface area (Å²) >= 11 is 5.80. The number of aromatic carboxylic acids is 1. The van der Waals surface area contributed by atoms with Gasteiger partial charge in [-0.25, -0.2) is 14.2 Å². The Bertz CT molecular complexity index is 649. The van der Waals surface area contributed by atoms with Gasteiger partial charge in [-0.15, -0.1) is 0 Å². The monoisotopic (exact) mass is 282 g/mol. The highest BCUT2D eigenvalue weighted by Crippen LogP contribution is 2.30. The van der Waals surface area contributed by atoms with Gasteiger partial charge in [-0.05, 0) is 25.1 Å². The van der Waals surface area contributed by atoms with Crippen LogP contribution in [0.15, 0.2) is 24.4 Å². The lowest BCUT2D eigenvalue weighted by Crippen LogP contribution is -2.04. The number of aryl methyl sites for hydroxylation is 1. The minimum Gasteiger partial charge on any atom is -0.477 e. The molecule has 1 aromatic heterocycles. The normalized spacial score (nSPS) is 10.3. The molecule has 0 radical (unpaired) electrons. The van der Waals surface area contributed by atoms with Crippen molar-refractivity contribution >= 4 is 17.6 Å². The highest BCUT2D eigenvalue weighted by atomic mass is 35.5. The molecule has 5 nitrogen and oxygen atoms in total. The van der Waals surface area contributed by atoms with Crippen molar-refractivity contribution in [1.29, 1.82) is 0 Å². The molecule has 2 aromatic rings. The summed E-state index contributed by atoms with van der Waals surface area (Å²) < 4.78 is 18.2. The first-order valence-corrected chi connectivity index (χ1v) is 5.55. The SMILES string of the molecule is Cc1ncc(C(=O)O)c(Oc2ccc(F)cc2Cl)n1. The van der Waals surface area contributed by atoms with Crippen LogP contribution in [-0.4, -0.2) is 21.0 Å². The number of hydrogen-bond acceptors (Lipinski definition) is 4. The molecule has 0 amide bonds. The van der Waals surface area contributed by atoms with Crippen molar-refractivity contribution in [2.75, 3.05) is 0 Å². The fourth-order valence-electron chi connectivity index (χ4n) is 1.34. The lowest BCUT2D eigenvalue weighted by Gasteiger charge is -2.09. The molecule has 98 valence electrons. The second kappa shape index (κ2) is 5.19. The number of carboxylic acids is 1. The second-order valence-electron chi connectivity index (χ2n) is 3.62. The van der Waals surface area contributed by atoms with Gasteiger partial charge in [0, 0.05) is 6.20 Å². The van der Waals surface area contributed by atoms with Gasteiger partial charge in [-0.3, -0.25) is 0 Å². The van der Waals surface area contributed by atoms with Crippen LogP contribution in [0.3, 0.4) is 0 Å². The largest absolute Gasteiger partial charge is 0.477 e. The third-order valence-corrected chi connectivity index (χ3v) is 2.50. The van der Waals surface area contributed by atoms with Gasteiger partial charge in [0.1, 0.15) is 23.0 Å². The first-order chi connectivity index (χ1) is 8.97. The molecule has 1 N–H and O–H groups in total. The molecule has 19 heavy (non-hydrogen) atoms. The van der Waals surface area contributed by atoms with E-state index in [1.165, 1.54) is 6.07 Å². The highest BCUT2D eigenvalue weighted by molar-refractivity contribution is 6.32. The quantitative estimate of drug-likeness (QED) is 0.936. The summed E-state index contributed by atoms with van der Waals surface area (Å²) in [6.45, 7) is 1.59. The van der Waals surface area contributed by atoms with E-state index >= 15 is 0 Å². The summed E-state index contributed by atoms with van der Waals surface area (Å²) in [7, 11) is 0. The van der Waals surface area contributed by atoms with E-state index in [1.54, 1.807) is 6.92 Å². The van der Waals surface area contributed by atoms with Gasteiger partial charge in [0.25, 0.3) is 0 Å². The molecule has 0 unspecified atom stereocenters. The Kier molecular flexibility index (Phi) is 3.62. The van der Waals surface area contributed by atoms with Gasteiger partial charge in [0.15, 0.2) is 0 Å². The molecule has 7 heteroatoms. The number of rotatable bonds is 3. The average Bonchev–Trinajstić information content (AvgIpc) is 2.32. The Hall–Kier alpha value is -2.21. The first-order valence-electron chi connectivity index (χ1n) is 5.17. The molecule has 0 fully saturated rings. The van der Waals surface area contributed by atoms with E-state index in [9.17, 15) is 9.18 Å². The number of nitrogens with zero attached hydrogens (tertiary/aromatic N) is 2. The topological polar surface area (TPSA) is 72.3 Å². The smallest absolute Gasteiger partial charge is 0.342 e. The maximum absolute atomic E-state index is 12.9. The molecule has 0 aliphatic rings. The predicted molar refractivity (Wildman–Crippen MR) is 65.2 cm³/mol. The lowest BCUT2D eigenvalue weighted by atomic mass is 10.3. The molecule has 0 saturated heterocycles. The molecule has 1 aromatic carbocycles. The molecule has 1 heterocycles. The molecule has 0 bridgehead atoms. The van der Waals surface area contributed by atoms with Gasteiger partial charge in [-0.2, -0.15) is 4.98 Å². The van der Waals surface area contributed by atoms with E-state index in [2.05, 4.69) is 9.97 Å². The number of carboxylic acid groups (broad SMARTS) is 1. The molecular formula is C12H8ClFN2O3. The standard InChI is InChI=1S/C12H8ClFN2O3/c1-6-15-5-8(12(17)18)11(16-6)19-10-3-2-7(14)4-9(10)13/h2-5H,1H3,(H,17,18). The Morgan fingerprint density at radius 3 is 2.84 bits per heavy atom. The maximum atomic E-state index is 12.9. The minimum atomic E-state index is -1.23. The molecular weight excluding hydrogens is 275 g/mol. The molecule has 0 aliphatic carbocycles. The Labute approximate surface area is 112 Å². The molecule has 0 spiro atoms. The van der Waals surface area contributed by atoms with Crippen molar-refractivity contribution in [3.8, 4) is 11.6 Å². The van der Waals surface area contributed by atoms with Gasteiger partial charge in [-0.1, -0.05) is 11.6 Å². The van der Waals surface area contributed by atoms with Crippen molar-refractivity contribution in [3.05, 3.63) is 46.6 Å². The van der Waals surface area contributed by atoms with Crippen LogP contribution < -0.4 is 4.74 Å². The van der Waals surface area contributed by atoms with Crippen LogP contribution in [0, 0.1) is 12.7 Å². The van der Waals surface area contributed by atoms with E-state index in [0.717, 1.165) is 18.3 Å². The third kappa shape index (κ3) is 2.97. The average molecular weight is 283 g/mol. The van der Waals surface area contributed by atoms with Gasteiger partial charge >= 0.3 is 5.97 Å². The third-order valence-electron chi connectivity index (χ3n) is 2.21. The van der Waals surface area contributed by atoms with Gasteiger partial charge in [0.2, 0.25) is 5.88 Å². The fraction of sp³-hybridized carbons (Fsp3) is 0.0833. The summed E-state index contributed by atoms with van der Waals surface area (Å²) in [5, 5.41) is 9.02. The van der Waals surface area contributed by atoms with Crippen LogP contribution in [0.1, 0.15) is 16.2 Å². The fourth-order valence-corrected chi connectivity index (χ4v) is 1.54. The number of benzene rings is 1. The van der Waals surface area contributed by atoms with Crippen LogP contribution >= 0.6 is 11.6 Å². The molecule has 2 rings (SSSR count). The molecule has 0 atom stereocenters. The Morgan fingerprint density at radius 2 is 2.21 bits per heavy atom. The van der Waals surface area contributed by atoms with Gasteiger partial charge in [0.05, 0.1) is 5.02 Å². The van der Waals surface area contributed by atoms with Gasteiger partial charge < -0.3 is 9.84 Å². The summed E-state index contributed by atoms with van der Waals surface area (Å²) in [5.41, 5.74) is -0.203. The Balaban J connectivity index is 2.42. The highest BCUT2D eigenvalue weighted by Gasteiger charge is 2.16. The predicted octanol–water partition coefficient (Wildman–Crippen LogP) is 3.07. The molecule has 0 saturated carbocycles. The summed E-state index contributed by atoms with van der Waals surface area (Å²) in [5.74, 6) is -1.43. The van der Waals surface area contributed by atoms with Crippen LogP contribution in [0.2, 0.25) is 5.02 Å². The van der Waals surface area contributed by atoms with Crippen LogP contribution in [0.5, 0.6) is 11.6 Å². The van der Waals surface area contributed by atoms with Crippen molar-refractivity contribution in [3.63, 3.8) is 0 Å². The first kappa shape index (κ1) is 13.2. The zero-order valence-electron chi connectivity index (χ0n) is 9.72. The van der Waals surface area contributed by atoms with E-state index in [0.29, 0.717) is 5.82 Å². The number of hydrogen-bond donors (Lipinski definition) is 1. The number of halogens is 2. The molecule has 0 aliphatic heterocycles. The summed E-state index contributed by atoms with van der Waals surface area (Å²) in [4.78, 5) is 18.7. The number of aromatic nitrogens is 2. The van der Waals surface area contributed by atoms with Crippen molar-refractivity contribution < 1.29 is 19.0 Å². The Morgan fingerprint density at radius 1 is 1.47 bits per heavy atom. The van der Waals surface area contributed by atoms with E-state index in [1.807, 2.05) is 0 Å². The van der Waals surface area contributed by atoms with Crippen LogP contribution in [0.25, 0.3) is 0 Å². The zero-order valence-corrected chi connectivity index (χ0v) is 10.5. The maximum Gasteiger partial charge on any atom is 0.342 e. The minimum absolute atomic E-state index is 0.0209. The summed E-state index contributed by atoms with van der Waals surface area (Å²) in [6.07, 6.45) is 1.14. The van der Waals surface area contributed by atoms with E-state index in [-0.39, 0.29) is 22.2 Å².